The molecule has 0 aliphatic carbocycles. The molecule has 42 heavy (non-hydrogen) atoms. The number of benzene rings is 3. The number of nitrogens with one attached hydrogen (secondary N) is 4. The standard InChI is InChI=1S/C30H32N6O4.C2H6/c1-30(2,3)40-29(38)35-23-12-8-11-22(17-23)33-26-25(19-32-28(36-26)34-21-9-6-5-7-10-21)27(37)31-18-20-13-15-24(39-4)16-14-20;1-2/h5-17,19H,18H2,1-4H3,(H,31,37)(H,35,38)(H2,32,33,34,36);1-2H3. The Morgan fingerprint density at radius 2 is 1.50 bits per heavy atom. The fraction of sp³-hybridized carbons (Fsp3) is 0.250. The van der Waals surface area contributed by atoms with E-state index in [-0.39, 0.29) is 17.3 Å². The highest BCUT2D eigenvalue weighted by Gasteiger charge is 2.18. The molecule has 4 rings (SSSR count). The van der Waals surface area contributed by atoms with Gasteiger partial charge in [0.1, 0.15) is 22.7 Å². The molecule has 2 amide bonds. The first-order valence-corrected chi connectivity index (χ1v) is 13.7. The highest BCUT2D eigenvalue weighted by atomic mass is 16.6. The van der Waals surface area contributed by atoms with Crippen LogP contribution < -0.4 is 26.0 Å². The molecule has 4 aromatic rings. The van der Waals surface area contributed by atoms with E-state index in [9.17, 15) is 9.59 Å². The summed E-state index contributed by atoms with van der Waals surface area (Å²) in [6.07, 6.45) is 0.895. The zero-order chi connectivity index (χ0) is 30.5. The second-order valence-electron chi connectivity index (χ2n) is 9.81. The summed E-state index contributed by atoms with van der Waals surface area (Å²) in [5, 5.41) is 12.0. The first-order valence-electron chi connectivity index (χ1n) is 13.7. The molecule has 0 saturated carbocycles. The number of aromatic nitrogens is 2. The van der Waals surface area contributed by atoms with Crippen molar-refractivity contribution in [3.8, 4) is 5.75 Å². The molecule has 0 atom stereocenters. The van der Waals surface area contributed by atoms with E-state index in [0.29, 0.717) is 23.9 Å². The minimum atomic E-state index is -0.628. The minimum Gasteiger partial charge on any atom is -0.497 e. The average Bonchev–Trinajstić information content (AvgIpc) is 2.97. The van der Waals surface area contributed by atoms with E-state index in [1.807, 2.05) is 68.4 Å². The van der Waals surface area contributed by atoms with E-state index in [4.69, 9.17) is 9.47 Å². The topological polar surface area (TPSA) is 127 Å². The molecule has 0 aliphatic rings. The van der Waals surface area contributed by atoms with Crippen LogP contribution in [0.1, 0.15) is 50.5 Å². The number of carbonyl (C=O) groups excluding carboxylic acids is 2. The van der Waals surface area contributed by atoms with Gasteiger partial charge in [-0.3, -0.25) is 10.1 Å². The van der Waals surface area contributed by atoms with E-state index in [1.54, 1.807) is 52.1 Å². The van der Waals surface area contributed by atoms with Crippen LogP contribution in [0.4, 0.5) is 33.6 Å². The SMILES string of the molecule is CC.COc1ccc(CNC(=O)c2cnc(Nc3ccccc3)nc2Nc2cccc(NC(=O)OC(C)(C)C)c2)cc1. The molecule has 0 fully saturated rings. The van der Waals surface area contributed by atoms with Gasteiger partial charge in [0, 0.05) is 29.8 Å². The van der Waals surface area contributed by atoms with Crippen LogP contribution in [0.25, 0.3) is 0 Å². The van der Waals surface area contributed by atoms with Gasteiger partial charge in [-0.25, -0.2) is 9.78 Å². The Balaban J connectivity index is 0.00000237. The fourth-order valence-electron chi connectivity index (χ4n) is 3.61. The van der Waals surface area contributed by atoms with Gasteiger partial charge in [0.05, 0.1) is 7.11 Å². The Morgan fingerprint density at radius 3 is 2.17 bits per heavy atom. The predicted molar refractivity (Wildman–Crippen MR) is 167 cm³/mol. The zero-order valence-electron chi connectivity index (χ0n) is 24.8. The third-order valence-corrected chi connectivity index (χ3v) is 5.45. The van der Waals surface area contributed by atoms with E-state index in [2.05, 4.69) is 31.2 Å². The number of hydrogen-bond donors (Lipinski definition) is 4. The Bertz CT molecular complexity index is 1450. The van der Waals surface area contributed by atoms with Crippen molar-refractivity contribution < 1.29 is 19.1 Å². The molecule has 10 heteroatoms. The number of nitrogens with zero attached hydrogens (tertiary/aromatic N) is 2. The number of ether oxygens (including phenoxy) is 2. The Kier molecular flexibility index (Phi) is 11.2. The number of rotatable bonds is 9. The normalized spacial score (nSPS) is 10.4. The largest absolute Gasteiger partial charge is 0.497 e. The number of hydrogen-bond acceptors (Lipinski definition) is 8. The second kappa shape index (κ2) is 15.0. The van der Waals surface area contributed by atoms with Crippen molar-refractivity contribution >= 4 is 40.8 Å². The Labute approximate surface area is 246 Å². The summed E-state index contributed by atoms with van der Waals surface area (Å²) >= 11 is 0. The summed E-state index contributed by atoms with van der Waals surface area (Å²) < 4.78 is 10.5. The van der Waals surface area contributed by atoms with E-state index in [1.165, 1.54) is 6.20 Å². The lowest BCUT2D eigenvalue weighted by Crippen LogP contribution is -2.27. The highest BCUT2D eigenvalue weighted by Crippen LogP contribution is 2.24. The summed E-state index contributed by atoms with van der Waals surface area (Å²) in [6.45, 7) is 9.69. The maximum atomic E-state index is 13.2. The number of carbonyl (C=O) groups is 2. The van der Waals surface area contributed by atoms with Gasteiger partial charge in [-0.05, 0) is 68.8 Å². The number of para-hydroxylation sites is 1. The molecular weight excluding hydrogens is 532 g/mol. The van der Waals surface area contributed by atoms with Gasteiger partial charge in [0.25, 0.3) is 5.91 Å². The van der Waals surface area contributed by atoms with Crippen LogP contribution in [0.2, 0.25) is 0 Å². The molecule has 10 nitrogen and oxygen atoms in total. The van der Waals surface area contributed by atoms with Crippen LogP contribution in [-0.4, -0.2) is 34.7 Å². The summed E-state index contributed by atoms with van der Waals surface area (Å²) in [6, 6.07) is 23.9. The molecule has 0 unspecified atom stereocenters. The summed E-state index contributed by atoms with van der Waals surface area (Å²) in [4.78, 5) is 34.4. The van der Waals surface area contributed by atoms with Gasteiger partial charge in [0.2, 0.25) is 5.95 Å². The summed E-state index contributed by atoms with van der Waals surface area (Å²) in [7, 11) is 1.60. The minimum absolute atomic E-state index is 0.248. The second-order valence-corrected chi connectivity index (χ2v) is 9.81. The van der Waals surface area contributed by atoms with Crippen molar-refractivity contribution in [3.63, 3.8) is 0 Å². The van der Waals surface area contributed by atoms with Crippen molar-refractivity contribution in [2.45, 2.75) is 46.8 Å². The van der Waals surface area contributed by atoms with Gasteiger partial charge in [0.15, 0.2) is 0 Å². The predicted octanol–water partition coefficient (Wildman–Crippen LogP) is 7.28. The van der Waals surface area contributed by atoms with Crippen LogP contribution >= 0.6 is 0 Å². The quantitative estimate of drug-likeness (QED) is 0.165. The third kappa shape index (κ3) is 9.81. The summed E-state index contributed by atoms with van der Waals surface area (Å²) in [5.41, 5.74) is 2.44. The van der Waals surface area contributed by atoms with Crippen LogP contribution in [0, 0.1) is 0 Å². The van der Waals surface area contributed by atoms with Crippen LogP contribution in [0.5, 0.6) is 5.75 Å². The van der Waals surface area contributed by atoms with Crippen molar-refractivity contribution in [2.24, 2.45) is 0 Å². The first-order chi connectivity index (χ1) is 20.2. The molecule has 1 aromatic heterocycles. The molecule has 0 spiro atoms. The van der Waals surface area contributed by atoms with E-state index < -0.39 is 11.7 Å². The third-order valence-electron chi connectivity index (χ3n) is 5.45. The van der Waals surface area contributed by atoms with Crippen molar-refractivity contribution in [3.05, 3.63) is 96.2 Å². The number of anilines is 5. The molecule has 3 aromatic carbocycles. The molecular formula is C32H38N6O4. The van der Waals surface area contributed by atoms with Gasteiger partial charge in [-0.15, -0.1) is 0 Å². The highest BCUT2D eigenvalue weighted by molar-refractivity contribution is 5.99. The van der Waals surface area contributed by atoms with Crippen molar-refractivity contribution in [2.75, 3.05) is 23.1 Å². The van der Waals surface area contributed by atoms with E-state index in [0.717, 1.165) is 17.0 Å². The Hall–Kier alpha value is -5.12. The van der Waals surface area contributed by atoms with Crippen molar-refractivity contribution in [1.82, 2.24) is 15.3 Å². The lowest BCUT2D eigenvalue weighted by molar-refractivity contribution is 0.0635. The molecule has 0 saturated heterocycles. The number of amides is 2. The molecule has 0 bridgehead atoms. The molecule has 4 N–H and O–H groups in total. The molecule has 0 radical (unpaired) electrons. The number of methoxy groups -OCH3 is 1. The smallest absolute Gasteiger partial charge is 0.412 e. The lowest BCUT2D eigenvalue weighted by Gasteiger charge is -2.20. The zero-order valence-corrected chi connectivity index (χ0v) is 24.8. The average molecular weight is 571 g/mol. The van der Waals surface area contributed by atoms with Crippen LogP contribution in [0.3, 0.4) is 0 Å². The molecule has 0 aliphatic heterocycles. The van der Waals surface area contributed by atoms with Gasteiger partial charge in [-0.1, -0.05) is 50.2 Å². The maximum Gasteiger partial charge on any atom is 0.412 e. The molecule has 220 valence electrons. The first kappa shape index (κ1) is 31.4. The molecule has 1 heterocycles. The van der Waals surface area contributed by atoms with Gasteiger partial charge >= 0.3 is 6.09 Å². The van der Waals surface area contributed by atoms with Gasteiger partial charge < -0.3 is 25.4 Å². The monoisotopic (exact) mass is 570 g/mol. The maximum absolute atomic E-state index is 13.2. The van der Waals surface area contributed by atoms with Crippen LogP contribution in [-0.2, 0) is 11.3 Å². The fourth-order valence-corrected chi connectivity index (χ4v) is 3.61. The Morgan fingerprint density at radius 1 is 0.833 bits per heavy atom. The summed E-state index contributed by atoms with van der Waals surface area (Å²) in [5.74, 6) is 0.978. The van der Waals surface area contributed by atoms with Crippen LogP contribution in [0.15, 0.2) is 85.1 Å². The van der Waals surface area contributed by atoms with Crippen molar-refractivity contribution in [1.29, 1.82) is 0 Å². The van der Waals surface area contributed by atoms with Gasteiger partial charge in [-0.2, -0.15) is 4.98 Å². The lowest BCUT2D eigenvalue weighted by atomic mass is 10.2. The van der Waals surface area contributed by atoms with E-state index >= 15 is 0 Å².